The molecule has 0 N–H and O–H groups in total. The number of benzene rings is 3. The first-order valence-electron chi connectivity index (χ1n) is 11.2. The van der Waals surface area contributed by atoms with Gasteiger partial charge >= 0.3 is 5.97 Å². The fourth-order valence-corrected chi connectivity index (χ4v) is 3.37. The third kappa shape index (κ3) is 6.99. The quantitative estimate of drug-likeness (QED) is 0.135. The number of nitrogens with zero attached hydrogens (tertiary/aromatic N) is 1. The zero-order chi connectivity index (χ0) is 22.6. The maximum Gasteiger partial charge on any atom is 0.343 e. The van der Waals surface area contributed by atoms with E-state index < -0.39 is 5.97 Å². The van der Waals surface area contributed by atoms with Gasteiger partial charge in [0.05, 0.1) is 18.7 Å². The van der Waals surface area contributed by atoms with Gasteiger partial charge in [0.2, 0.25) is 0 Å². The molecule has 0 unspecified atom stereocenters. The van der Waals surface area contributed by atoms with E-state index in [0.717, 1.165) is 23.3 Å². The molecule has 3 aromatic carbocycles. The summed E-state index contributed by atoms with van der Waals surface area (Å²) in [5, 5.41) is 0. The lowest BCUT2D eigenvalue weighted by Crippen LogP contribution is -2.08. The average molecular weight is 428 g/mol. The summed E-state index contributed by atoms with van der Waals surface area (Å²) in [5.74, 6) is 0.852. The topological polar surface area (TPSA) is 39.9 Å². The second-order valence-electron chi connectivity index (χ2n) is 7.71. The van der Waals surface area contributed by atoms with Gasteiger partial charge in [0.1, 0.15) is 11.5 Å². The van der Waals surface area contributed by atoms with Crippen LogP contribution in [-0.4, -0.2) is 12.6 Å². The van der Waals surface area contributed by atoms with Crippen LogP contribution in [0, 0.1) is 6.57 Å². The van der Waals surface area contributed by atoms with Gasteiger partial charge in [0.15, 0.2) is 5.69 Å². The van der Waals surface area contributed by atoms with Gasteiger partial charge in [-0.2, -0.15) is 0 Å². The van der Waals surface area contributed by atoms with E-state index in [1.54, 1.807) is 36.4 Å². The summed E-state index contributed by atoms with van der Waals surface area (Å²) < 4.78 is 11.3. The first-order valence-corrected chi connectivity index (χ1v) is 11.2. The van der Waals surface area contributed by atoms with Crippen molar-refractivity contribution in [2.45, 2.75) is 45.4 Å². The lowest BCUT2D eigenvalue weighted by atomic mass is 10.1. The van der Waals surface area contributed by atoms with E-state index in [0.29, 0.717) is 23.6 Å². The number of carbonyl (C=O) groups excluding carboxylic acids is 1. The Kier molecular flexibility index (Phi) is 8.89. The Bertz CT molecular complexity index is 1020. The molecule has 32 heavy (non-hydrogen) atoms. The summed E-state index contributed by atoms with van der Waals surface area (Å²) in [6.45, 7) is 9.95. The second-order valence-corrected chi connectivity index (χ2v) is 7.71. The molecule has 4 nitrogen and oxygen atoms in total. The molecule has 0 aliphatic heterocycles. The third-order valence-electron chi connectivity index (χ3n) is 5.25. The molecule has 0 heterocycles. The van der Waals surface area contributed by atoms with Crippen LogP contribution in [0.1, 0.15) is 55.8 Å². The van der Waals surface area contributed by atoms with Crippen molar-refractivity contribution >= 4 is 11.7 Å². The molecule has 0 radical (unpaired) electrons. The fraction of sp³-hybridized carbons (Fsp3) is 0.286. The molecule has 0 saturated heterocycles. The number of unbranched alkanes of at least 4 members (excludes halogenated alkanes) is 5. The van der Waals surface area contributed by atoms with Crippen molar-refractivity contribution in [1.82, 2.24) is 0 Å². The maximum absolute atomic E-state index is 12.4. The van der Waals surface area contributed by atoms with Crippen molar-refractivity contribution in [2.75, 3.05) is 6.61 Å². The Morgan fingerprint density at radius 1 is 0.750 bits per heavy atom. The Hall–Kier alpha value is -3.58. The molecule has 4 heteroatoms. The summed E-state index contributed by atoms with van der Waals surface area (Å²) in [7, 11) is 0. The van der Waals surface area contributed by atoms with Crippen LogP contribution < -0.4 is 9.47 Å². The van der Waals surface area contributed by atoms with Crippen LogP contribution >= 0.6 is 0 Å². The maximum atomic E-state index is 12.4. The van der Waals surface area contributed by atoms with E-state index in [9.17, 15) is 4.79 Å². The average Bonchev–Trinajstić information content (AvgIpc) is 2.84. The van der Waals surface area contributed by atoms with E-state index in [1.165, 1.54) is 32.1 Å². The highest BCUT2D eigenvalue weighted by Crippen LogP contribution is 2.25. The number of rotatable bonds is 11. The van der Waals surface area contributed by atoms with Crippen LogP contribution in [0.15, 0.2) is 72.8 Å². The summed E-state index contributed by atoms with van der Waals surface area (Å²) in [6, 6.07) is 21.8. The highest BCUT2D eigenvalue weighted by atomic mass is 16.5. The Labute approximate surface area is 190 Å². The van der Waals surface area contributed by atoms with Gasteiger partial charge in [0, 0.05) is 0 Å². The first kappa shape index (κ1) is 23.1. The normalized spacial score (nSPS) is 10.4. The molecule has 0 aliphatic carbocycles. The smallest absolute Gasteiger partial charge is 0.343 e. The molecule has 0 saturated carbocycles. The van der Waals surface area contributed by atoms with E-state index in [-0.39, 0.29) is 0 Å². The monoisotopic (exact) mass is 427 g/mol. The van der Waals surface area contributed by atoms with Crippen LogP contribution in [0.2, 0.25) is 0 Å². The predicted octanol–water partition coefficient (Wildman–Crippen LogP) is 7.86. The number of hydrogen-bond acceptors (Lipinski definition) is 3. The molecule has 0 spiro atoms. The number of esters is 1. The Morgan fingerprint density at radius 3 is 1.94 bits per heavy atom. The second kappa shape index (κ2) is 12.3. The molecule has 0 aromatic heterocycles. The van der Waals surface area contributed by atoms with Gasteiger partial charge in [-0.25, -0.2) is 9.64 Å². The van der Waals surface area contributed by atoms with Crippen molar-refractivity contribution in [3.8, 4) is 22.6 Å². The van der Waals surface area contributed by atoms with Crippen molar-refractivity contribution in [3.63, 3.8) is 0 Å². The molecule has 164 valence electrons. The van der Waals surface area contributed by atoms with E-state index in [4.69, 9.17) is 16.0 Å². The molecular weight excluding hydrogens is 398 g/mol. The van der Waals surface area contributed by atoms with Crippen molar-refractivity contribution in [3.05, 3.63) is 89.8 Å². The predicted molar refractivity (Wildman–Crippen MR) is 128 cm³/mol. The highest BCUT2D eigenvalue weighted by Gasteiger charge is 2.09. The van der Waals surface area contributed by atoms with Gasteiger partial charge < -0.3 is 9.47 Å². The van der Waals surface area contributed by atoms with Gasteiger partial charge in [-0.05, 0) is 53.9 Å². The lowest BCUT2D eigenvalue weighted by Gasteiger charge is -2.08. The number of carbonyl (C=O) groups is 1. The third-order valence-corrected chi connectivity index (χ3v) is 5.25. The molecule has 0 aliphatic rings. The van der Waals surface area contributed by atoms with Crippen LogP contribution in [0.4, 0.5) is 5.69 Å². The van der Waals surface area contributed by atoms with E-state index in [2.05, 4.69) is 11.8 Å². The molecular formula is C28H29NO3. The Morgan fingerprint density at radius 2 is 1.31 bits per heavy atom. The summed E-state index contributed by atoms with van der Waals surface area (Å²) in [6.07, 6.45) is 7.36. The SMILES string of the molecule is [C-]#[N+]c1ccc(-c2ccc(OC(=O)c3ccc(OCCCCCCCC)cc3)cc2)cc1. The van der Waals surface area contributed by atoms with Gasteiger partial charge in [-0.1, -0.05) is 75.4 Å². The molecule has 0 atom stereocenters. The molecule has 3 aromatic rings. The highest BCUT2D eigenvalue weighted by molar-refractivity contribution is 5.91. The van der Waals surface area contributed by atoms with Gasteiger partial charge in [0.25, 0.3) is 0 Å². The summed E-state index contributed by atoms with van der Waals surface area (Å²) in [5.41, 5.74) is 3.09. The first-order chi connectivity index (χ1) is 15.7. The van der Waals surface area contributed by atoms with E-state index >= 15 is 0 Å². The largest absolute Gasteiger partial charge is 0.494 e. The fourth-order valence-electron chi connectivity index (χ4n) is 3.37. The van der Waals surface area contributed by atoms with E-state index in [1.807, 2.05) is 36.4 Å². The zero-order valence-corrected chi connectivity index (χ0v) is 18.5. The number of ether oxygens (including phenoxy) is 2. The van der Waals surface area contributed by atoms with Crippen molar-refractivity contribution in [1.29, 1.82) is 0 Å². The minimum Gasteiger partial charge on any atom is -0.494 e. The van der Waals surface area contributed by atoms with Crippen LogP contribution in [0.3, 0.4) is 0 Å². The standard InChI is InChI=1S/C28H29NO3/c1-3-4-5-6-7-8-21-31-26-17-13-24(14-18-26)28(30)32-27-19-11-23(12-20-27)22-9-15-25(29-2)16-10-22/h9-20H,3-8,21H2,1H3. The van der Waals surface area contributed by atoms with Crippen LogP contribution in [-0.2, 0) is 0 Å². The zero-order valence-electron chi connectivity index (χ0n) is 18.5. The summed E-state index contributed by atoms with van der Waals surface area (Å²) >= 11 is 0. The molecule has 0 bridgehead atoms. The van der Waals surface area contributed by atoms with Crippen molar-refractivity contribution < 1.29 is 14.3 Å². The molecule has 3 rings (SSSR count). The lowest BCUT2D eigenvalue weighted by molar-refractivity contribution is 0.0734. The minimum absolute atomic E-state index is 0.401. The molecule has 0 fully saturated rings. The summed E-state index contributed by atoms with van der Waals surface area (Å²) in [4.78, 5) is 15.8. The molecule has 0 amide bonds. The van der Waals surface area contributed by atoms with Crippen molar-refractivity contribution in [2.24, 2.45) is 0 Å². The van der Waals surface area contributed by atoms with Crippen LogP contribution in [0.25, 0.3) is 16.0 Å². The van der Waals surface area contributed by atoms with Gasteiger partial charge in [-0.15, -0.1) is 0 Å². The van der Waals surface area contributed by atoms with Crippen LogP contribution in [0.5, 0.6) is 11.5 Å². The minimum atomic E-state index is -0.401. The Balaban J connectivity index is 1.47. The van der Waals surface area contributed by atoms with Gasteiger partial charge in [-0.3, -0.25) is 0 Å². The number of hydrogen-bond donors (Lipinski definition) is 0.